The van der Waals surface area contributed by atoms with Crippen LogP contribution in [0.4, 0.5) is 0 Å². The van der Waals surface area contributed by atoms with Gasteiger partial charge in [0, 0.05) is 23.8 Å². The first-order valence-corrected chi connectivity index (χ1v) is 9.44. The van der Waals surface area contributed by atoms with Crippen LogP contribution in [0.3, 0.4) is 0 Å². The molecule has 3 heteroatoms. The SMILES string of the molecule is Cc1cc(O)cc(C(=O)[C@H]2[C@@H](C)C(=O)C[C@H]3C(C)(C)CCC[C@]23C)c1. The van der Waals surface area contributed by atoms with Crippen LogP contribution in [0.15, 0.2) is 18.2 Å². The van der Waals surface area contributed by atoms with Gasteiger partial charge in [-0.1, -0.05) is 34.1 Å². The maximum Gasteiger partial charge on any atom is 0.167 e. The Kier molecular flexibility index (Phi) is 4.33. The van der Waals surface area contributed by atoms with Gasteiger partial charge in [-0.25, -0.2) is 0 Å². The van der Waals surface area contributed by atoms with Gasteiger partial charge in [0.1, 0.15) is 11.5 Å². The zero-order valence-corrected chi connectivity index (χ0v) is 16.1. The lowest BCUT2D eigenvalue weighted by atomic mass is 9.45. The van der Waals surface area contributed by atoms with Crippen LogP contribution in [0.2, 0.25) is 0 Å². The first-order valence-electron chi connectivity index (χ1n) is 9.44. The van der Waals surface area contributed by atoms with Crippen molar-refractivity contribution in [3.8, 4) is 5.75 Å². The van der Waals surface area contributed by atoms with Gasteiger partial charge in [-0.3, -0.25) is 9.59 Å². The van der Waals surface area contributed by atoms with Gasteiger partial charge >= 0.3 is 0 Å². The molecule has 0 amide bonds. The van der Waals surface area contributed by atoms with Crippen LogP contribution < -0.4 is 0 Å². The number of carbonyl (C=O) groups excluding carboxylic acids is 2. The Balaban J connectivity index is 2.08. The fourth-order valence-corrected chi connectivity index (χ4v) is 5.80. The van der Waals surface area contributed by atoms with E-state index in [0.717, 1.165) is 24.8 Å². The van der Waals surface area contributed by atoms with E-state index in [-0.39, 0.29) is 45.9 Å². The highest BCUT2D eigenvalue weighted by Gasteiger charge is 2.58. The molecule has 4 atom stereocenters. The Morgan fingerprint density at radius 1 is 1.16 bits per heavy atom. The van der Waals surface area contributed by atoms with Crippen molar-refractivity contribution >= 4 is 11.6 Å². The van der Waals surface area contributed by atoms with E-state index in [1.54, 1.807) is 12.1 Å². The number of fused-ring (bicyclic) bond motifs is 1. The fourth-order valence-electron chi connectivity index (χ4n) is 5.80. The van der Waals surface area contributed by atoms with Gasteiger partial charge in [0.25, 0.3) is 0 Å². The molecule has 1 aromatic carbocycles. The summed E-state index contributed by atoms with van der Waals surface area (Å²) in [4.78, 5) is 26.2. The zero-order valence-electron chi connectivity index (χ0n) is 16.1. The molecule has 1 N–H and O–H groups in total. The van der Waals surface area contributed by atoms with Crippen LogP contribution >= 0.6 is 0 Å². The molecule has 2 saturated carbocycles. The summed E-state index contributed by atoms with van der Waals surface area (Å²) < 4.78 is 0. The number of rotatable bonds is 2. The molecule has 0 aliphatic heterocycles. The van der Waals surface area contributed by atoms with Crippen LogP contribution in [-0.4, -0.2) is 16.7 Å². The molecule has 2 aliphatic rings. The Labute approximate surface area is 150 Å². The number of aromatic hydroxyl groups is 1. The summed E-state index contributed by atoms with van der Waals surface area (Å²) in [5.41, 5.74) is 1.32. The maximum atomic E-state index is 13.5. The Bertz CT molecular complexity index is 698. The van der Waals surface area contributed by atoms with Crippen molar-refractivity contribution in [1.29, 1.82) is 0 Å². The van der Waals surface area contributed by atoms with E-state index in [0.29, 0.717) is 12.0 Å². The minimum Gasteiger partial charge on any atom is -0.508 e. The number of aryl methyl sites for hydroxylation is 1. The number of carbonyl (C=O) groups is 2. The first kappa shape index (κ1) is 18.2. The molecular weight excluding hydrogens is 312 g/mol. The topological polar surface area (TPSA) is 54.4 Å². The summed E-state index contributed by atoms with van der Waals surface area (Å²) in [7, 11) is 0. The van der Waals surface area contributed by atoms with Gasteiger partial charge < -0.3 is 5.11 Å². The lowest BCUT2D eigenvalue weighted by Crippen LogP contribution is -2.56. The molecule has 0 radical (unpaired) electrons. The lowest BCUT2D eigenvalue weighted by molar-refractivity contribution is -0.143. The second-order valence-corrected chi connectivity index (χ2v) is 9.26. The zero-order chi connectivity index (χ0) is 18.6. The van der Waals surface area contributed by atoms with Crippen molar-refractivity contribution in [1.82, 2.24) is 0 Å². The molecule has 0 unspecified atom stereocenters. The monoisotopic (exact) mass is 342 g/mol. The van der Waals surface area contributed by atoms with Crippen LogP contribution in [0.1, 0.15) is 69.3 Å². The van der Waals surface area contributed by atoms with Gasteiger partial charge in [-0.2, -0.15) is 0 Å². The van der Waals surface area contributed by atoms with E-state index in [9.17, 15) is 14.7 Å². The average Bonchev–Trinajstić information content (AvgIpc) is 2.48. The van der Waals surface area contributed by atoms with E-state index in [4.69, 9.17) is 0 Å². The van der Waals surface area contributed by atoms with E-state index < -0.39 is 0 Å². The summed E-state index contributed by atoms with van der Waals surface area (Å²) in [6, 6.07) is 5.04. The van der Waals surface area contributed by atoms with Gasteiger partial charge in [0.15, 0.2) is 5.78 Å². The molecule has 0 spiro atoms. The highest BCUT2D eigenvalue weighted by Crippen LogP contribution is 2.60. The summed E-state index contributed by atoms with van der Waals surface area (Å²) in [6.07, 6.45) is 3.80. The molecule has 0 bridgehead atoms. The van der Waals surface area contributed by atoms with Gasteiger partial charge in [0.2, 0.25) is 0 Å². The quantitative estimate of drug-likeness (QED) is 0.774. The van der Waals surface area contributed by atoms with Gasteiger partial charge in [-0.05, 0) is 60.3 Å². The van der Waals surface area contributed by atoms with E-state index in [2.05, 4.69) is 20.8 Å². The lowest BCUT2D eigenvalue weighted by Gasteiger charge is -2.57. The van der Waals surface area contributed by atoms with Crippen LogP contribution in [0.25, 0.3) is 0 Å². The molecular formula is C22H30O3. The van der Waals surface area contributed by atoms with Crippen LogP contribution in [-0.2, 0) is 4.79 Å². The average molecular weight is 342 g/mol. The molecule has 1 aromatic rings. The third kappa shape index (κ3) is 2.92. The summed E-state index contributed by atoms with van der Waals surface area (Å²) >= 11 is 0. The summed E-state index contributed by atoms with van der Waals surface area (Å²) in [5.74, 6) is 0.0240. The Morgan fingerprint density at radius 2 is 1.84 bits per heavy atom. The van der Waals surface area contributed by atoms with Crippen LogP contribution in [0, 0.1) is 35.5 Å². The third-order valence-corrected chi connectivity index (χ3v) is 7.03. The molecule has 0 aromatic heterocycles. The minimum absolute atomic E-state index is 0.0183. The van der Waals surface area contributed by atoms with Crippen molar-refractivity contribution in [2.24, 2.45) is 28.6 Å². The van der Waals surface area contributed by atoms with Crippen molar-refractivity contribution < 1.29 is 14.7 Å². The largest absolute Gasteiger partial charge is 0.508 e. The van der Waals surface area contributed by atoms with Crippen molar-refractivity contribution in [3.05, 3.63) is 29.3 Å². The van der Waals surface area contributed by atoms with Gasteiger partial charge in [0.05, 0.1) is 0 Å². The highest BCUT2D eigenvalue weighted by molar-refractivity contribution is 6.02. The fraction of sp³-hybridized carbons (Fsp3) is 0.636. The van der Waals surface area contributed by atoms with E-state index >= 15 is 0 Å². The molecule has 0 saturated heterocycles. The molecule has 3 nitrogen and oxygen atoms in total. The number of ketones is 2. The molecule has 2 aliphatic carbocycles. The second kappa shape index (κ2) is 5.96. The molecule has 0 heterocycles. The van der Waals surface area contributed by atoms with Crippen molar-refractivity contribution in [2.75, 3.05) is 0 Å². The predicted molar refractivity (Wildman–Crippen MR) is 98.7 cm³/mol. The number of phenolic OH excluding ortho intramolecular Hbond substituents is 1. The molecule has 3 rings (SSSR count). The number of benzene rings is 1. The number of Topliss-reactive ketones (excluding diaryl/α,β-unsaturated/α-hetero) is 2. The smallest absolute Gasteiger partial charge is 0.167 e. The van der Waals surface area contributed by atoms with Gasteiger partial charge in [-0.15, -0.1) is 0 Å². The molecule has 2 fully saturated rings. The van der Waals surface area contributed by atoms with Crippen molar-refractivity contribution in [2.45, 2.75) is 60.3 Å². The second-order valence-electron chi connectivity index (χ2n) is 9.26. The van der Waals surface area contributed by atoms with E-state index in [1.807, 2.05) is 19.9 Å². The van der Waals surface area contributed by atoms with Crippen LogP contribution in [0.5, 0.6) is 5.75 Å². The number of hydrogen-bond acceptors (Lipinski definition) is 3. The van der Waals surface area contributed by atoms with E-state index in [1.165, 1.54) is 0 Å². The third-order valence-electron chi connectivity index (χ3n) is 7.03. The predicted octanol–water partition coefficient (Wildman–Crippen LogP) is 4.94. The molecule has 136 valence electrons. The summed E-state index contributed by atoms with van der Waals surface area (Å²) in [6.45, 7) is 10.5. The number of phenols is 1. The number of hydrogen-bond donors (Lipinski definition) is 1. The Morgan fingerprint density at radius 3 is 2.48 bits per heavy atom. The molecule has 25 heavy (non-hydrogen) atoms. The normalized spacial score (nSPS) is 34.4. The maximum absolute atomic E-state index is 13.5. The highest BCUT2D eigenvalue weighted by atomic mass is 16.3. The Hall–Kier alpha value is -1.64. The standard InChI is InChI=1S/C22H30O3/c1-13-9-15(11-16(23)10-13)20(25)19-14(2)17(24)12-18-21(3,4)7-6-8-22(18,19)5/h9-11,14,18-19,23H,6-8,12H2,1-5H3/t14-,18-,19+,22-/m0/s1. The summed E-state index contributed by atoms with van der Waals surface area (Å²) in [5, 5.41) is 9.92. The van der Waals surface area contributed by atoms with Crippen molar-refractivity contribution in [3.63, 3.8) is 0 Å². The minimum atomic E-state index is -0.306. The first-order chi connectivity index (χ1) is 11.6.